The molecule has 0 amide bonds. The van der Waals surface area contributed by atoms with Gasteiger partial charge < -0.3 is 4.74 Å². The minimum absolute atomic E-state index is 0.535. The Kier molecular flexibility index (Phi) is 5.48. The molecule has 0 saturated carbocycles. The van der Waals surface area contributed by atoms with Gasteiger partial charge in [0.2, 0.25) is 5.95 Å². The maximum atomic E-state index is 5.56. The Labute approximate surface area is 223 Å². The molecule has 3 heterocycles. The van der Waals surface area contributed by atoms with Crippen LogP contribution in [-0.4, -0.2) is 41.6 Å². The predicted octanol–water partition coefficient (Wildman–Crippen LogP) is 6.16. The van der Waals surface area contributed by atoms with Gasteiger partial charge in [0.05, 0.1) is 18.1 Å². The highest BCUT2D eigenvalue weighted by atomic mass is 16.5. The van der Waals surface area contributed by atoms with Gasteiger partial charge in [0.15, 0.2) is 17.5 Å². The van der Waals surface area contributed by atoms with Crippen molar-refractivity contribution in [1.82, 2.24) is 34.5 Å². The van der Waals surface area contributed by atoms with Crippen molar-refractivity contribution in [3.8, 4) is 45.9 Å². The van der Waals surface area contributed by atoms with E-state index in [4.69, 9.17) is 14.7 Å². The Balaban J connectivity index is 1.42. The number of rotatable bonds is 5. The molecule has 0 radical (unpaired) electrons. The van der Waals surface area contributed by atoms with Gasteiger partial charge in [-0.3, -0.25) is 4.57 Å². The van der Waals surface area contributed by atoms with Crippen LogP contribution in [0.5, 0.6) is 5.75 Å². The molecule has 4 aromatic carbocycles. The smallest absolute Gasteiger partial charge is 0.238 e. The molecule has 8 heteroatoms. The molecular weight excluding hydrogens is 486 g/mol. The molecular formula is C31H21N7O. The topological polar surface area (TPSA) is 91.5 Å². The maximum absolute atomic E-state index is 5.56. The van der Waals surface area contributed by atoms with Crippen molar-refractivity contribution < 1.29 is 4.74 Å². The summed E-state index contributed by atoms with van der Waals surface area (Å²) in [6, 6.07) is 31.9. The monoisotopic (exact) mass is 507 g/mol. The van der Waals surface area contributed by atoms with Gasteiger partial charge in [0, 0.05) is 27.5 Å². The van der Waals surface area contributed by atoms with E-state index in [9.17, 15) is 0 Å². The SMILES string of the molecule is COc1ccc2c(c1)c1cc(-c3ncnc(-c4ccccc4)n3)ccc1n2-c1ncnc(-c2ccccc2)n1. The van der Waals surface area contributed by atoms with Gasteiger partial charge in [0.25, 0.3) is 0 Å². The molecule has 0 unspecified atom stereocenters. The summed E-state index contributed by atoms with van der Waals surface area (Å²) >= 11 is 0. The fraction of sp³-hybridized carbons (Fsp3) is 0.0323. The van der Waals surface area contributed by atoms with Crippen LogP contribution in [0.1, 0.15) is 0 Å². The maximum Gasteiger partial charge on any atom is 0.238 e. The van der Waals surface area contributed by atoms with Gasteiger partial charge in [-0.2, -0.15) is 4.98 Å². The van der Waals surface area contributed by atoms with E-state index < -0.39 is 0 Å². The number of fused-ring (bicyclic) bond motifs is 3. The van der Waals surface area contributed by atoms with Gasteiger partial charge >= 0.3 is 0 Å². The molecule has 0 spiro atoms. The van der Waals surface area contributed by atoms with E-state index in [1.165, 1.54) is 0 Å². The van der Waals surface area contributed by atoms with Crippen molar-refractivity contribution >= 4 is 21.8 Å². The van der Waals surface area contributed by atoms with E-state index in [1.54, 1.807) is 19.8 Å². The third-order valence-electron chi connectivity index (χ3n) is 6.63. The molecule has 0 aliphatic carbocycles. The summed E-state index contributed by atoms with van der Waals surface area (Å²) < 4.78 is 7.61. The van der Waals surface area contributed by atoms with E-state index in [2.05, 4.69) is 32.1 Å². The van der Waals surface area contributed by atoms with Gasteiger partial charge in [0.1, 0.15) is 18.4 Å². The summed E-state index contributed by atoms with van der Waals surface area (Å²) in [6.45, 7) is 0. The van der Waals surface area contributed by atoms with E-state index in [0.29, 0.717) is 23.4 Å². The lowest BCUT2D eigenvalue weighted by Gasteiger charge is -2.08. The zero-order valence-corrected chi connectivity index (χ0v) is 20.9. The molecule has 0 N–H and O–H groups in total. The number of hydrogen-bond acceptors (Lipinski definition) is 7. The summed E-state index contributed by atoms with van der Waals surface area (Å²) in [5.41, 5.74) is 4.64. The fourth-order valence-electron chi connectivity index (χ4n) is 4.77. The number of aromatic nitrogens is 7. The van der Waals surface area contributed by atoms with Crippen LogP contribution in [-0.2, 0) is 0 Å². The first-order valence-electron chi connectivity index (χ1n) is 12.4. The molecule has 0 aliphatic rings. The molecule has 0 atom stereocenters. The van der Waals surface area contributed by atoms with Crippen molar-refractivity contribution in [3.05, 3.63) is 110 Å². The van der Waals surface area contributed by atoms with Crippen LogP contribution in [0.2, 0.25) is 0 Å². The fourth-order valence-corrected chi connectivity index (χ4v) is 4.77. The second kappa shape index (κ2) is 9.42. The Morgan fingerprint density at radius 3 is 1.77 bits per heavy atom. The first kappa shape index (κ1) is 22.7. The molecule has 7 aromatic rings. The second-order valence-corrected chi connectivity index (χ2v) is 8.92. The van der Waals surface area contributed by atoms with Gasteiger partial charge in [-0.15, -0.1) is 0 Å². The lowest BCUT2D eigenvalue weighted by atomic mass is 10.1. The van der Waals surface area contributed by atoms with Crippen molar-refractivity contribution in [2.75, 3.05) is 7.11 Å². The Morgan fingerprint density at radius 2 is 1.10 bits per heavy atom. The number of methoxy groups -OCH3 is 1. The highest BCUT2D eigenvalue weighted by molar-refractivity contribution is 6.10. The number of nitrogens with zero attached hydrogens (tertiary/aromatic N) is 7. The number of ether oxygens (including phenoxy) is 1. The van der Waals surface area contributed by atoms with Gasteiger partial charge in [-0.1, -0.05) is 60.7 Å². The van der Waals surface area contributed by atoms with Crippen LogP contribution in [0.4, 0.5) is 0 Å². The van der Waals surface area contributed by atoms with E-state index >= 15 is 0 Å². The minimum atomic E-state index is 0.535. The molecule has 39 heavy (non-hydrogen) atoms. The summed E-state index contributed by atoms with van der Waals surface area (Å²) in [5.74, 6) is 3.14. The molecule has 3 aromatic heterocycles. The minimum Gasteiger partial charge on any atom is -0.497 e. The Bertz CT molecular complexity index is 1950. The van der Waals surface area contributed by atoms with Crippen LogP contribution in [0.3, 0.4) is 0 Å². The summed E-state index contributed by atoms with van der Waals surface area (Å²) in [4.78, 5) is 27.4. The molecule has 0 fully saturated rings. The lowest BCUT2D eigenvalue weighted by Crippen LogP contribution is -2.03. The molecule has 7 rings (SSSR count). The van der Waals surface area contributed by atoms with E-state index in [1.807, 2.05) is 89.5 Å². The Hall–Kier alpha value is -5.50. The zero-order chi connectivity index (χ0) is 26.2. The first-order chi connectivity index (χ1) is 19.3. The predicted molar refractivity (Wildman–Crippen MR) is 150 cm³/mol. The first-order valence-corrected chi connectivity index (χ1v) is 12.4. The van der Waals surface area contributed by atoms with Crippen LogP contribution in [0.15, 0.2) is 110 Å². The van der Waals surface area contributed by atoms with Crippen LogP contribution in [0.25, 0.3) is 61.9 Å². The summed E-state index contributed by atoms with van der Waals surface area (Å²) in [5, 5.41) is 2.01. The van der Waals surface area contributed by atoms with Crippen molar-refractivity contribution in [1.29, 1.82) is 0 Å². The summed E-state index contributed by atoms with van der Waals surface area (Å²) in [6.07, 6.45) is 3.10. The van der Waals surface area contributed by atoms with Crippen LogP contribution >= 0.6 is 0 Å². The lowest BCUT2D eigenvalue weighted by molar-refractivity contribution is 0.415. The average molecular weight is 508 g/mol. The normalized spacial score (nSPS) is 11.2. The highest BCUT2D eigenvalue weighted by Gasteiger charge is 2.17. The average Bonchev–Trinajstić information content (AvgIpc) is 3.35. The molecule has 0 saturated heterocycles. The standard InChI is InChI=1S/C31H21N7O/c1-39-23-13-15-27-25(17-23)24-16-22(30-33-18-32-28(36-30)20-8-4-2-5-9-20)12-14-26(24)38(27)31-35-19-34-29(37-31)21-10-6-3-7-11-21/h2-19H,1H3. The Morgan fingerprint density at radius 1 is 0.538 bits per heavy atom. The largest absolute Gasteiger partial charge is 0.497 e. The molecule has 0 bridgehead atoms. The van der Waals surface area contributed by atoms with Gasteiger partial charge in [-0.25, -0.2) is 24.9 Å². The second-order valence-electron chi connectivity index (χ2n) is 8.92. The van der Waals surface area contributed by atoms with E-state index in [-0.39, 0.29) is 0 Å². The molecule has 186 valence electrons. The highest BCUT2D eigenvalue weighted by Crippen LogP contribution is 2.35. The van der Waals surface area contributed by atoms with Crippen molar-refractivity contribution in [2.24, 2.45) is 0 Å². The van der Waals surface area contributed by atoms with Crippen molar-refractivity contribution in [3.63, 3.8) is 0 Å². The number of hydrogen-bond donors (Lipinski definition) is 0. The molecule has 8 nitrogen and oxygen atoms in total. The van der Waals surface area contributed by atoms with Crippen LogP contribution in [0, 0.1) is 0 Å². The zero-order valence-electron chi connectivity index (χ0n) is 20.9. The quantitative estimate of drug-likeness (QED) is 0.275. The number of benzene rings is 4. The molecule has 0 aliphatic heterocycles. The third kappa shape index (κ3) is 4.04. The van der Waals surface area contributed by atoms with E-state index in [0.717, 1.165) is 44.2 Å². The third-order valence-corrected chi connectivity index (χ3v) is 6.63. The summed E-state index contributed by atoms with van der Waals surface area (Å²) in [7, 11) is 1.67. The van der Waals surface area contributed by atoms with Crippen molar-refractivity contribution in [2.45, 2.75) is 0 Å². The van der Waals surface area contributed by atoms with Gasteiger partial charge in [-0.05, 0) is 36.4 Å². The van der Waals surface area contributed by atoms with Crippen LogP contribution < -0.4 is 4.74 Å².